The molecule has 6 nitrogen and oxygen atoms in total. The van der Waals surface area contributed by atoms with E-state index in [9.17, 15) is 9.59 Å². The van der Waals surface area contributed by atoms with Gasteiger partial charge < -0.3 is 15.0 Å². The van der Waals surface area contributed by atoms with Crippen LogP contribution in [-0.2, 0) is 6.54 Å². The van der Waals surface area contributed by atoms with Crippen molar-refractivity contribution in [1.82, 2.24) is 9.88 Å². The predicted molar refractivity (Wildman–Crippen MR) is 112 cm³/mol. The highest BCUT2D eigenvalue weighted by Gasteiger charge is 2.15. The number of anilines is 1. The van der Waals surface area contributed by atoms with Crippen LogP contribution in [0.15, 0.2) is 73.1 Å². The Kier molecular flexibility index (Phi) is 6.58. The van der Waals surface area contributed by atoms with Gasteiger partial charge >= 0.3 is 0 Å². The topological polar surface area (TPSA) is 71.5 Å². The first-order valence-electron chi connectivity index (χ1n) is 9.35. The van der Waals surface area contributed by atoms with Gasteiger partial charge in [-0.25, -0.2) is 0 Å². The molecule has 0 saturated heterocycles. The SMILES string of the molecule is CCOc1ccc(NC(=O)c2cncc(C(=O)N(C)Cc3ccccc3)c2)cc1. The van der Waals surface area contributed by atoms with E-state index < -0.39 is 0 Å². The van der Waals surface area contributed by atoms with Gasteiger partial charge in [-0.15, -0.1) is 0 Å². The lowest BCUT2D eigenvalue weighted by Gasteiger charge is -2.17. The smallest absolute Gasteiger partial charge is 0.257 e. The molecular weight excluding hydrogens is 366 g/mol. The summed E-state index contributed by atoms with van der Waals surface area (Å²) < 4.78 is 5.39. The van der Waals surface area contributed by atoms with E-state index in [1.165, 1.54) is 12.4 Å². The van der Waals surface area contributed by atoms with Gasteiger partial charge in [0, 0.05) is 31.7 Å². The molecule has 0 spiro atoms. The number of benzene rings is 2. The van der Waals surface area contributed by atoms with Gasteiger partial charge in [-0.1, -0.05) is 30.3 Å². The molecule has 0 aliphatic carbocycles. The van der Waals surface area contributed by atoms with Crippen molar-refractivity contribution >= 4 is 17.5 Å². The van der Waals surface area contributed by atoms with Crippen molar-refractivity contribution < 1.29 is 14.3 Å². The molecule has 2 aromatic carbocycles. The molecule has 3 aromatic rings. The molecule has 1 N–H and O–H groups in total. The van der Waals surface area contributed by atoms with Crippen LogP contribution >= 0.6 is 0 Å². The number of carbonyl (C=O) groups is 2. The average molecular weight is 389 g/mol. The van der Waals surface area contributed by atoms with Crippen LogP contribution in [0.2, 0.25) is 0 Å². The summed E-state index contributed by atoms with van der Waals surface area (Å²) in [5, 5.41) is 2.80. The highest BCUT2D eigenvalue weighted by Crippen LogP contribution is 2.17. The molecule has 6 heteroatoms. The molecule has 0 aliphatic heterocycles. The summed E-state index contributed by atoms with van der Waals surface area (Å²) in [6, 6.07) is 18.4. The van der Waals surface area contributed by atoms with Gasteiger partial charge in [0.15, 0.2) is 0 Å². The molecule has 0 aliphatic rings. The number of hydrogen-bond acceptors (Lipinski definition) is 4. The van der Waals surface area contributed by atoms with E-state index in [0.29, 0.717) is 30.0 Å². The number of amides is 2. The van der Waals surface area contributed by atoms with E-state index in [1.807, 2.05) is 37.3 Å². The van der Waals surface area contributed by atoms with E-state index in [4.69, 9.17) is 4.74 Å². The first kappa shape index (κ1) is 20.1. The Hall–Kier alpha value is -3.67. The maximum atomic E-state index is 12.7. The second-order valence-electron chi connectivity index (χ2n) is 6.52. The zero-order valence-electron chi connectivity index (χ0n) is 16.5. The Morgan fingerprint density at radius 3 is 2.38 bits per heavy atom. The molecule has 0 radical (unpaired) electrons. The third-order valence-electron chi connectivity index (χ3n) is 4.28. The van der Waals surface area contributed by atoms with Crippen LogP contribution < -0.4 is 10.1 Å². The van der Waals surface area contributed by atoms with Crippen molar-refractivity contribution in [3.05, 3.63) is 89.7 Å². The predicted octanol–water partition coefficient (Wildman–Crippen LogP) is 4.00. The molecule has 1 heterocycles. The van der Waals surface area contributed by atoms with Crippen molar-refractivity contribution in [1.29, 1.82) is 0 Å². The van der Waals surface area contributed by atoms with Gasteiger partial charge in [-0.05, 0) is 42.8 Å². The summed E-state index contributed by atoms with van der Waals surface area (Å²) in [6.07, 6.45) is 2.91. The lowest BCUT2D eigenvalue weighted by Crippen LogP contribution is -2.26. The largest absolute Gasteiger partial charge is 0.494 e. The fourth-order valence-corrected chi connectivity index (χ4v) is 2.83. The number of rotatable bonds is 7. The Bertz CT molecular complexity index is 972. The number of pyridine rings is 1. The second-order valence-corrected chi connectivity index (χ2v) is 6.52. The van der Waals surface area contributed by atoms with Gasteiger partial charge in [0.1, 0.15) is 5.75 Å². The maximum absolute atomic E-state index is 12.7. The number of ether oxygens (including phenoxy) is 1. The molecule has 148 valence electrons. The van der Waals surface area contributed by atoms with Crippen LogP contribution in [0.5, 0.6) is 5.75 Å². The summed E-state index contributed by atoms with van der Waals surface area (Å²) >= 11 is 0. The minimum absolute atomic E-state index is 0.197. The van der Waals surface area contributed by atoms with Crippen molar-refractivity contribution in [2.75, 3.05) is 19.0 Å². The lowest BCUT2D eigenvalue weighted by atomic mass is 10.1. The summed E-state index contributed by atoms with van der Waals surface area (Å²) in [6.45, 7) is 2.97. The van der Waals surface area contributed by atoms with Gasteiger partial charge in [0.25, 0.3) is 11.8 Å². The standard InChI is InChI=1S/C23H23N3O3/c1-3-29-21-11-9-20(10-12-21)25-22(27)18-13-19(15-24-14-18)23(28)26(2)16-17-7-5-4-6-8-17/h4-15H,3,16H2,1-2H3,(H,25,27). The molecular formula is C23H23N3O3. The van der Waals surface area contributed by atoms with Gasteiger partial charge in [0.2, 0.25) is 0 Å². The molecule has 0 fully saturated rings. The number of hydrogen-bond donors (Lipinski definition) is 1. The van der Waals surface area contributed by atoms with Crippen LogP contribution in [0.3, 0.4) is 0 Å². The molecule has 0 unspecified atom stereocenters. The zero-order chi connectivity index (χ0) is 20.6. The van der Waals surface area contributed by atoms with Crippen LogP contribution in [0.25, 0.3) is 0 Å². The third-order valence-corrected chi connectivity index (χ3v) is 4.28. The Morgan fingerprint density at radius 2 is 1.69 bits per heavy atom. The Morgan fingerprint density at radius 1 is 1.00 bits per heavy atom. The quantitative estimate of drug-likeness (QED) is 0.663. The fraction of sp³-hybridized carbons (Fsp3) is 0.174. The van der Waals surface area contributed by atoms with Crippen LogP contribution in [-0.4, -0.2) is 35.4 Å². The van der Waals surface area contributed by atoms with Crippen LogP contribution in [0, 0.1) is 0 Å². The van der Waals surface area contributed by atoms with E-state index in [1.54, 1.807) is 42.3 Å². The zero-order valence-corrected chi connectivity index (χ0v) is 16.5. The average Bonchev–Trinajstić information content (AvgIpc) is 2.75. The van der Waals surface area contributed by atoms with Crippen molar-refractivity contribution in [2.45, 2.75) is 13.5 Å². The monoisotopic (exact) mass is 389 g/mol. The minimum Gasteiger partial charge on any atom is -0.494 e. The highest BCUT2D eigenvalue weighted by molar-refractivity contribution is 6.05. The maximum Gasteiger partial charge on any atom is 0.257 e. The number of carbonyl (C=O) groups excluding carboxylic acids is 2. The third kappa shape index (κ3) is 5.42. The molecule has 0 saturated carbocycles. The lowest BCUT2D eigenvalue weighted by molar-refractivity contribution is 0.0784. The number of aromatic nitrogens is 1. The number of nitrogens with zero attached hydrogens (tertiary/aromatic N) is 2. The first-order valence-corrected chi connectivity index (χ1v) is 9.35. The molecule has 0 atom stereocenters. The summed E-state index contributed by atoms with van der Waals surface area (Å²) in [5.41, 5.74) is 2.35. The van der Waals surface area contributed by atoms with Crippen LogP contribution in [0.4, 0.5) is 5.69 Å². The normalized spacial score (nSPS) is 10.3. The van der Waals surface area contributed by atoms with Gasteiger partial charge in [0.05, 0.1) is 17.7 Å². The highest BCUT2D eigenvalue weighted by atomic mass is 16.5. The molecule has 29 heavy (non-hydrogen) atoms. The molecule has 0 bridgehead atoms. The van der Waals surface area contributed by atoms with E-state index in [-0.39, 0.29) is 11.8 Å². The Labute approximate surface area is 170 Å². The summed E-state index contributed by atoms with van der Waals surface area (Å²) in [4.78, 5) is 30.9. The molecule has 2 amide bonds. The van der Waals surface area contributed by atoms with E-state index in [0.717, 1.165) is 11.3 Å². The van der Waals surface area contributed by atoms with E-state index >= 15 is 0 Å². The van der Waals surface area contributed by atoms with Crippen molar-refractivity contribution in [3.8, 4) is 5.75 Å². The van der Waals surface area contributed by atoms with Crippen molar-refractivity contribution in [3.63, 3.8) is 0 Å². The minimum atomic E-state index is -0.331. The summed E-state index contributed by atoms with van der Waals surface area (Å²) in [7, 11) is 1.72. The molecule has 1 aromatic heterocycles. The summed E-state index contributed by atoms with van der Waals surface area (Å²) in [5.74, 6) is 0.209. The fourth-order valence-electron chi connectivity index (χ4n) is 2.83. The van der Waals surface area contributed by atoms with E-state index in [2.05, 4.69) is 10.3 Å². The van der Waals surface area contributed by atoms with Crippen LogP contribution in [0.1, 0.15) is 33.2 Å². The van der Waals surface area contributed by atoms with Gasteiger partial charge in [-0.2, -0.15) is 0 Å². The molecule has 3 rings (SSSR count). The Balaban J connectivity index is 1.67. The first-order chi connectivity index (χ1) is 14.1. The number of nitrogens with one attached hydrogen (secondary N) is 1. The van der Waals surface area contributed by atoms with Crippen molar-refractivity contribution in [2.24, 2.45) is 0 Å². The van der Waals surface area contributed by atoms with Gasteiger partial charge in [-0.3, -0.25) is 14.6 Å². The second kappa shape index (κ2) is 9.50.